The average molecular weight is 577 g/mol. The molecule has 0 aliphatic carbocycles. The summed E-state index contributed by atoms with van der Waals surface area (Å²) in [5.74, 6) is -0.553. The van der Waals surface area contributed by atoms with Gasteiger partial charge in [0.25, 0.3) is 11.5 Å². The molecule has 218 valence electrons. The fourth-order valence-electron chi connectivity index (χ4n) is 5.07. The summed E-state index contributed by atoms with van der Waals surface area (Å²) in [6.45, 7) is 5.79. The van der Waals surface area contributed by atoms with Crippen LogP contribution in [0.2, 0.25) is 0 Å². The van der Waals surface area contributed by atoms with Crippen LogP contribution < -0.4 is 16.6 Å². The second kappa shape index (κ2) is 12.1. The molecule has 2 aromatic carbocycles. The van der Waals surface area contributed by atoms with Crippen molar-refractivity contribution in [2.75, 3.05) is 5.73 Å². The Hall–Kier alpha value is -5.58. The van der Waals surface area contributed by atoms with Crippen molar-refractivity contribution in [3.05, 3.63) is 118 Å². The number of pyridine rings is 1. The van der Waals surface area contributed by atoms with Gasteiger partial charge < -0.3 is 11.1 Å². The average Bonchev–Trinajstić information content (AvgIpc) is 3.60. The maximum atomic E-state index is 14.2. The number of hydrogen-bond acceptors (Lipinski definition) is 7. The first kappa shape index (κ1) is 28.9. The van der Waals surface area contributed by atoms with Crippen molar-refractivity contribution in [1.29, 1.82) is 0 Å². The Bertz CT molecular complexity index is 2010. The van der Waals surface area contributed by atoms with Crippen molar-refractivity contribution in [3.63, 3.8) is 0 Å². The van der Waals surface area contributed by atoms with E-state index in [0.717, 1.165) is 0 Å². The van der Waals surface area contributed by atoms with Gasteiger partial charge in [0.05, 0.1) is 23.2 Å². The third kappa shape index (κ3) is 5.52. The van der Waals surface area contributed by atoms with E-state index in [9.17, 15) is 14.4 Å². The number of nitrogens with two attached hydrogens (primary N) is 1. The van der Waals surface area contributed by atoms with Crippen molar-refractivity contribution in [1.82, 2.24) is 34.3 Å². The van der Waals surface area contributed by atoms with E-state index in [1.54, 1.807) is 53.9 Å². The number of anilines is 1. The van der Waals surface area contributed by atoms with E-state index >= 15 is 0 Å². The van der Waals surface area contributed by atoms with Gasteiger partial charge in [-0.3, -0.25) is 23.6 Å². The van der Waals surface area contributed by atoms with Crippen molar-refractivity contribution < 1.29 is 9.59 Å². The largest absolute Gasteiger partial charge is 0.381 e. The number of ketones is 1. The molecule has 0 fully saturated rings. The van der Waals surface area contributed by atoms with Gasteiger partial charge in [0.2, 0.25) is 0 Å². The van der Waals surface area contributed by atoms with Gasteiger partial charge in [0, 0.05) is 43.4 Å². The smallest absolute Gasteiger partial charge is 0.263 e. The van der Waals surface area contributed by atoms with Crippen LogP contribution >= 0.6 is 0 Å². The van der Waals surface area contributed by atoms with Gasteiger partial charge >= 0.3 is 0 Å². The number of fused-ring (bicyclic) bond motifs is 2. The summed E-state index contributed by atoms with van der Waals surface area (Å²) in [7, 11) is 1.75. The number of carbonyl (C=O) groups is 2. The van der Waals surface area contributed by atoms with Crippen molar-refractivity contribution in [2.45, 2.75) is 33.2 Å². The fraction of sp³-hybridized carbons (Fsp3) is 0.188. The van der Waals surface area contributed by atoms with Crippen molar-refractivity contribution >= 4 is 33.9 Å². The van der Waals surface area contributed by atoms with Crippen LogP contribution in [-0.2, 0) is 13.5 Å². The molecule has 0 bridgehead atoms. The van der Waals surface area contributed by atoms with E-state index in [1.807, 2.05) is 62.4 Å². The van der Waals surface area contributed by atoms with Gasteiger partial charge in [-0.2, -0.15) is 5.10 Å². The van der Waals surface area contributed by atoms with Crippen LogP contribution in [0.15, 0.2) is 90.2 Å². The summed E-state index contributed by atoms with van der Waals surface area (Å²) >= 11 is 0. The summed E-state index contributed by atoms with van der Waals surface area (Å²) in [4.78, 5) is 44.9. The molecule has 0 aliphatic rings. The second-order valence-electron chi connectivity index (χ2n) is 9.77. The molecule has 11 heteroatoms. The standard InChI is InChI=1S/C30H26N8O3.C2H6/c1-18(34-29(40)26-27(31)35-37-13-7-12-32-28(26)37)23-14-19-8-6-9-20(15-24(39)21-16-33-36(2)17-21)25(19)30(41)38(23)22-10-4-3-5-11-22;1-2/h3-14,16-18H,15H2,1-2H3,(H2,31,35)(H,34,40);1-2H3. The van der Waals surface area contributed by atoms with Crippen LogP contribution in [0.25, 0.3) is 22.1 Å². The highest BCUT2D eigenvalue weighted by Crippen LogP contribution is 2.25. The Morgan fingerprint density at radius 1 is 1.05 bits per heavy atom. The predicted molar refractivity (Wildman–Crippen MR) is 165 cm³/mol. The zero-order valence-corrected chi connectivity index (χ0v) is 24.4. The molecule has 1 amide bonds. The lowest BCUT2D eigenvalue weighted by Gasteiger charge is -2.21. The number of rotatable bonds is 7. The molecule has 4 aromatic heterocycles. The number of benzene rings is 2. The van der Waals surface area contributed by atoms with Gasteiger partial charge in [-0.05, 0) is 42.1 Å². The highest BCUT2D eigenvalue weighted by molar-refractivity contribution is 6.04. The molecule has 43 heavy (non-hydrogen) atoms. The van der Waals surface area contributed by atoms with Crippen LogP contribution in [0.3, 0.4) is 0 Å². The molecule has 0 aliphatic heterocycles. The minimum Gasteiger partial charge on any atom is -0.381 e. The molecule has 6 aromatic rings. The summed E-state index contributed by atoms with van der Waals surface area (Å²) < 4.78 is 4.58. The molecule has 4 heterocycles. The zero-order chi connectivity index (χ0) is 30.7. The molecule has 0 saturated heterocycles. The molecule has 1 unspecified atom stereocenters. The first-order chi connectivity index (χ1) is 20.8. The number of hydrogen-bond donors (Lipinski definition) is 2. The second-order valence-corrected chi connectivity index (χ2v) is 9.77. The molecule has 0 saturated carbocycles. The van der Waals surface area contributed by atoms with Crippen molar-refractivity contribution in [2.24, 2.45) is 7.05 Å². The number of para-hydroxylation sites is 1. The van der Waals surface area contributed by atoms with E-state index in [4.69, 9.17) is 5.73 Å². The number of nitrogens with one attached hydrogen (secondary N) is 1. The van der Waals surface area contributed by atoms with E-state index in [2.05, 4.69) is 20.5 Å². The Balaban J connectivity index is 0.00000180. The Morgan fingerprint density at radius 2 is 1.81 bits per heavy atom. The highest BCUT2D eigenvalue weighted by atomic mass is 16.2. The lowest BCUT2D eigenvalue weighted by Crippen LogP contribution is -2.32. The van der Waals surface area contributed by atoms with E-state index in [-0.39, 0.29) is 29.1 Å². The minimum atomic E-state index is -0.612. The lowest BCUT2D eigenvalue weighted by atomic mass is 9.98. The normalized spacial score (nSPS) is 11.6. The molecule has 6 rings (SSSR count). The topological polar surface area (TPSA) is 142 Å². The number of nitrogens with zero attached hydrogens (tertiary/aromatic N) is 6. The molecule has 0 spiro atoms. The third-order valence-electron chi connectivity index (χ3n) is 6.99. The van der Waals surface area contributed by atoms with Gasteiger partial charge in [-0.15, -0.1) is 5.10 Å². The van der Waals surface area contributed by atoms with Crippen molar-refractivity contribution in [3.8, 4) is 5.69 Å². The van der Waals surface area contributed by atoms with Crippen LogP contribution in [0.4, 0.5) is 5.82 Å². The number of amides is 1. The lowest BCUT2D eigenvalue weighted by molar-refractivity contribution is 0.0939. The summed E-state index contributed by atoms with van der Waals surface area (Å²) in [6.07, 6.45) is 6.43. The van der Waals surface area contributed by atoms with Gasteiger partial charge in [-0.1, -0.05) is 50.2 Å². The monoisotopic (exact) mass is 576 g/mol. The summed E-state index contributed by atoms with van der Waals surface area (Å²) in [5.41, 5.74) is 8.53. The third-order valence-corrected chi connectivity index (χ3v) is 6.99. The Kier molecular flexibility index (Phi) is 8.15. The highest BCUT2D eigenvalue weighted by Gasteiger charge is 2.24. The molecule has 3 N–H and O–H groups in total. The number of aromatic nitrogens is 6. The Labute approximate surface area is 247 Å². The van der Waals surface area contributed by atoms with E-state index in [1.165, 1.54) is 10.7 Å². The number of carbonyl (C=O) groups excluding carboxylic acids is 2. The zero-order valence-electron chi connectivity index (χ0n) is 24.4. The first-order valence-corrected chi connectivity index (χ1v) is 14.0. The number of Topliss-reactive ketones (excluding diaryl/α,β-unsaturated/α-hetero) is 1. The number of nitrogen functional groups attached to an aromatic ring is 1. The maximum absolute atomic E-state index is 14.2. The SMILES string of the molecule is CC.CC(NC(=O)c1c(N)nn2cccnc12)c1cc2cccc(CC(=O)c3cnn(C)c3)c2c(=O)n1-c1ccccc1. The maximum Gasteiger partial charge on any atom is 0.263 e. The molecular weight excluding hydrogens is 544 g/mol. The van der Waals surface area contributed by atoms with Crippen LogP contribution in [0.5, 0.6) is 0 Å². The predicted octanol–water partition coefficient (Wildman–Crippen LogP) is 4.29. The van der Waals surface area contributed by atoms with Gasteiger partial charge in [0.1, 0.15) is 5.56 Å². The summed E-state index contributed by atoms with van der Waals surface area (Å²) in [6, 6.07) is 17.6. The van der Waals surface area contributed by atoms with Crippen LogP contribution in [0, 0.1) is 0 Å². The van der Waals surface area contributed by atoms with Crippen LogP contribution in [0.1, 0.15) is 58.8 Å². The number of aryl methyl sites for hydroxylation is 1. The first-order valence-electron chi connectivity index (χ1n) is 14.0. The molecule has 0 radical (unpaired) electrons. The molecule has 1 atom stereocenters. The van der Waals surface area contributed by atoms with Crippen LogP contribution in [-0.4, -0.2) is 40.6 Å². The fourth-order valence-corrected chi connectivity index (χ4v) is 5.07. The summed E-state index contributed by atoms with van der Waals surface area (Å²) in [5, 5.41) is 12.3. The quantitative estimate of drug-likeness (QED) is 0.270. The van der Waals surface area contributed by atoms with E-state index < -0.39 is 11.9 Å². The minimum absolute atomic E-state index is 0.0414. The Morgan fingerprint density at radius 3 is 2.53 bits per heavy atom. The van der Waals surface area contributed by atoms with E-state index in [0.29, 0.717) is 38.9 Å². The van der Waals surface area contributed by atoms with Gasteiger partial charge in [0.15, 0.2) is 17.2 Å². The van der Waals surface area contributed by atoms with Gasteiger partial charge in [-0.25, -0.2) is 9.50 Å². The molecule has 11 nitrogen and oxygen atoms in total. The molecular formula is C32H32N8O3.